The number of benzene rings is 3. The summed E-state index contributed by atoms with van der Waals surface area (Å²) >= 11 is 7.40. The second-order valence-electron chi connectivity index (χ2n) is 6.06. The normalized spacial score (nSPS) is 11.8. The molecule has 0 heterocycles. The van der Waals surface area contributed by atoms with Crippen LogP contribution in [0.2, 0.25) is 5.02 Å². The SMILES string of the molecule is Cc1ccc([C@H](NC(=O)CSc2ccc(Cl)cc2)c2ccccc2)cc1. The van der Waals surface area contributed by atoms with Crippen molar-refractivity contribution in [3.05, 3.63) is 101 Å². The molecule has 0 radical (unpaired) electrons. The van der Waals surface area contributed by atoms with Crippen LogP contribution in [0.25, 0.3) is 0 Å². The first-order valence-electron chi connectivity index (χ1n) is 8.41. The molecule has 132 valence electrons. The smallest absolute Gasteiger partial charge is 0.231 e. The maximum Gasteiger partial charge on any atom is 0.231 e. The highest BCUT2D eigenvalue weighted by atomic mass is 35.5. The molecule has 0 unspecified atom stereocenters. The van der Waals surface area contributed by atoms with Gasteiger partial charge < -0.3 is 5.32 Å². The zero-order chi connectivity index (χ0) is 18.4. The quantitative estimate of drug-likeness (QED) is 0.559. The maximum atomic E-state index is 12.5. The first kappa shape index (κ1) is 18.6. The Labute approximate surface area is 163 Å². The van der Waals surface area contributed by atoms with Gasteiger partial charge in [0.2, 0.25) is 5.91 Å². The first-order valence-corrected chi connectivity index (χ1v) is 9.77. The molecule has 4 heteroatoms. The molecule has 26 heavy (non-hydrogen) atoms. The van der Waals surface area contributed by atoms with Crippen molar-refractivity contribution in [2.75, 3.05) is 5.75 Å². The molecule has 3 rings (SSSR count). The van der Waals surface area contributed by atoms with E-state index in [1.165, 1.54) is 17.3 Å². The van der Waals surface area contributed by atoms with Crippen LogP contribution in [0.1, 0.15) is 22.7 Å². The summed E-state index contributed by atoms with van der Waals surface area (Å²) in [7, 11) is 0. The highest BCUT2D eigenvalue weighted by Crippen LogP contribution is 2.24. The minimum atomic E-state index is -0.157. The Balaban J connectivity index is 1.71. The Kier molecular flexibility index (Phi) is 6.37. The predicted molar refractivity (Wildman–Crippen MR) is 110 cm³/mol. The molecule has 1 amide bonds. The van der Waals surface area contributed by atoms with Crippen LogP contribution in [0.4, 0.5) is 0 Å². The summed E-state index contributed by atoms with van der Waals surface area (Å²) in [5.41, 5.74) is 3.35. The zero-order valence-electron chi connectivity index (χ0n) is 14.5. The van der Waals surface area contributed by atoms with Crippen LogP contribution in [0.15, 0.2) is 83.8 Å². The first-order chi connectivity index (χ1) is 12.6. The van der Waals surface area contributed by atoms with Crippen molar-refractivity contribution in [3.8, 4) is 0 Å². The number of nitrogens with one attached hydrogen (secondary N) is 1. The molecule has 1 N–H and O–H groups in total. The van der Waals surface area contributed by atoms with E-state index >= 15 is 0 Å². The number of halogens is 1. The maximum absolute atomic E-state index is 12.5. The van der Waals surface area contributed by atoms with Crippen molar-refractivity contribution in [3.63, 3.8) is 0 Å². The largest absolute Gasteiger partial charge is 0.344 e. The number of aryl methyl sites for hydroxylation is 1. The second-order valence-corrected chi connectivity index (χ2v) is 7.55. The second kappa shape index (κ2) is 8.93. The third-order valence-corrected chi connectivity index (χ3v) is 5.30. The standard InChI is InChI=1S/C22H20ClNOS/c1-16-7-9-18(10-8-16)22(17-5-3-2-4-6-17)24-21(25)15-26-20-13-11-19(23)12-14-20/h2-14,22H,15H2,1H3,(H,24,25)/t22-/m1/s1. The Morgan fingerprint density at radius 2 is 1.54 bits per heavy atom. The number of rotatable bonds is 6. The summed E-state index contributed by atoms with van der Waals surface area (Å²) in [6.07, 6.45) is 0. The van der Waals surface area contributed by atoms with Crippen molar-refractivity contribution in [2.45, 2.75) is 17.9 Å². The van der Waals surface area contributed by atoms with Gasteiger partial charge in [0.05, 0.1) is 11.8 Å². The molecular formula is C22H20ClNOS. The molecule has 0 aromatic heterocycles. The summed E-state index contributed by atoms with van der Waals surface area (Å²) in [5.74, 6) is 0.357. The monoisotopic (exact) mass is 381 g/mol. The van der Waals surface area contributed by atoms with Crippen molar-refractivity contribution >= 4 is 29.3 Å². The van der Waals surface area contributed by atoms with Crippen LogP contribution in [-0.2, 0) is 4.79 Å². The minimum absolute atomic E-state index is 0.000576. The van der Waals surface area contributed by atoms with E-state index in [-0.39, 0.29) is 11.9 Å². The molecule has 0 aliphatic heterocycles. The van der Waals surface area contributed by atoms with Gasteiger partial charge in [-0.2, -0.15) is 0 Å². The molecule has 0 aliphatic rings. The Hall–Kier alpha value is -2.23. The molecule has 3 aromatic carbocycles. The lowest BCUT2D eigenvalue weighted by Crippen LogP contribution is -2.30. The predicted octanol–water partition coefficient (Wildman–Crippen LogP) is 5.65. The summed E-state index contributed by atoms with van der Waals surface area (Å²) in [5, 5.41) is 3.86. The molecule has 0 aliphatic carbocycles. The Bertz CT molecular complexity index is 848. The fourth-order valence-electron chi connectivity index (χ4n) is 2.65. The Morgan fingerprint density at radius 3 is 2.19 bits per heavy atom. The van der Waals surface area contributed by atoms with Gasteiger partial charge in [0.15, 0.2) is 0 Å². The van der Waals surface area contributed by atoms with Gasteiger partial charge in [-0.15, -0.1) is 11.8 Å². The average Bonchev–Trinajstić information content (AvgIpc) is 2.67. The molecule has 0 bridgehead atoms. The third-order valence-electron chi connectivity index (χ3n) is 4.03. The summed E-state index contributed by atoms with van der Waals surface area (Å²) in [6, 6.07) is 25.7. The van der Waals surface area contributed by atoms with Gasteiger partial charge in [-0.05, 0) is 42.3 Å². The van der Waals surface area contributed by atoms with Crippen LogP contribution in [0.3, 0.4) is 0 Å². The molecule has 2 nitrogen and oxygen atoms in total. The molecule has 3 aromatic rings. The van der Waals surface area contributed by atoms with Crippen molar-refractivity contribution in [1.82, 2.24) is 5.32 Å². The molecular weight excluding hydrogens is 362 g/mol. The lowest BCUT2D eigenvalue weighted by atomic mass is 9.98. The summed E-state index contributed by atoms with van der Waals surface area (Å²) in [6.45, 7) is 2.06. The van der Waals surface area contributed by atoms with E-state index in [1.807, 2.05) is 54.6 Å². The van der Waals surface area contributed by atoms with Crippen LogP contribution in [0, 0.1) is 6.92 Å². The fraction of sp³-hybridized carbons (Fsp3) is 0.136. The van der Waals surface area contributed by atoms with Gasteiger partial charge in [-0.1, -0.05) is 71.8 Å². The van der Waals surface area contributed by atoms with Crippen LogP contribution in [0.5, 0.6) is 0 Å². The van der Waals surface area contributed by atoms with Gasteiger partial charge in [0.25, 0.3) is 0 Å². The number of carbonyl (C=O) groups excluding carboxylic acids is 1. The summed E-state index contributed by atoms with van der Waals surface area (Å²) < 4.78 is 0. The van der Waals surface area contributed by atoms with E-state index in [4.69, 9.17) is 11.6 Å². The van der Waals surface area contributed by atoms with E-state index in [0.717, 1.165) is 16.0 Å². The molecule has 0 saturated heterocycles. The van der Waals surface area contributed by atoms with E-state index in [1.54, 1.807) is 0 Å². The summed E-state index contributed by atoms with van der Waals surface area (Å²) in [4.78, 5) is 13.6. The molecule has 0 saturated carbocycles. The highest BCUT2D eigenvalue weighted by molar-refractivity contribution is 8.00. The molecule has 1 atom stereocenters. The third kappa shape index (κ3) is 5.13. The van der Waals surface area contributed by atoms with E-state index < -0.39 is 0 Å². The van der Waals surface area contributed by atoms with Crippen LogP contribution in [-0.4, -0.2) is 11.7 Å². The van der Waals surface area contributed by atoms with Crippen molar-refractivity contribution in [2.24, 2.45) is 0 Å². The number of hydrogen-bond donors (Lipinski definition) is 1. The Morgan fingerprint density at radius 1 is 0.923 bits per heavy atom. The van der Waals surface area contributed by atoms with Crippen molar-refractivity contribution in [1.29, 1.82) is 0 Å². The lowest BCUT2D eigenvalue weighted by molar-refractivity contribution is -0.119. The number of amides is 1. The van der Waals surface area contributed by atoms with Gasteiger partial charge in [0, 0.05) is 9.92 Å². The van der Waals surface area contributed by atoms with Gasteiger partial charge in [0.1, 0.15) is 0 Å². The van der Waals surface area contributed by atoms with E-state index in [9.17, 15) is 4.79 Å². The minimum Gasteiger partial charge on any atom is -0.344 e. The molecule has 0 spiro atoms. The van der Waals surface area contributed by atoms with Crippen molar-refractivity contribution < 1.29 is 4.79 Å². The number of hydrogen-bond acceptors (Lipinski definition) is 2. The van der Waals surface area contributed by atoms with Crippen LogP contribution < -0.4 is 5.32 Å². The van der Waals surface area contributed by atoms with Gasteiger partial charge in [-0.25, -0.2) is 0 Å². The zero-order valence-corrected chi connectivity index (χ0v) is 16.1. The highest BCUT2D eigenvalue weighted by Gasteiger charge is 2.16. The average molecular weight is 382 g/mol. The number of carbonyl (C=O) groups is 1. The van der Waals surface area contributed by atoms with Gasteiger partial charge >= 0.3 is 0 Å². The number of thioether (sulfide) groups is 1. The van der Waals surface area contributed by atoms with E-state index in [2.05, 4.69) is 36.5 Å². The molecule has 0 fully saturated rings. The topological polar surface area (TPSA) is 29.1 Å². The van der Waals surface area contributed by atoms with Crippen LogP contribution >= 0.6 is 23.4 Å². The van der Waals surface area contributed by atoms with E-state index in [0.29, 0.717) is 10.8 Å². The van der Waals surface area contributed by atoms with Gasteiger partial charge in [-0.3, -0.25) is 4.79 Å². The lowest BCUT2D eigenvalue weighted by Gasteiger charge is -2.20. The fourth-order valence-corrected chi connectivity index (χ4v) is 3.48.